The lowest BCUT2D eigenvalue weighted by molar-refractivity contribution is 0.303. The van der Waals surface area contributed by atoms with Crippen LogP contribution in [0.15, 0.2) is 36.4 Å². The van der Waals surface area contributed by atoms with Crippen LogP contribution in [0.1, 0.15) is 36.1 Å². The molecule has 2 aromatic rings. The summed E-state index contributed by atoms with van der Waals surface area (Å²) in [5.74, 6) is 0.955. The molecule has 0 bridgehead atoms. The molecule has 0 atom stereocenters. The van der Waals surface area contributed by atoms with E-state index < -0.39 is 0 Å². The minimum atomic E-state index is 0.347. The average molecular weight is 343 g/mol. The summed E-state index contributed by atoms with van der Waals surface area (Å²) in [7, 11) is 1.56. The van der Waals surface area contributed by atoms with Gasteiger partial charge in [0.15, 0.2) is 0 Å². The van der Waals surface area contributed by atoms with E-state index >= 15 is 0 Å². The Bertz CT molecular complexity index is 713. The predicted molar refractivity (Wildman–Crippen MR) is 104 cm³/mol. The van der Waals surface area contributed by atoms with Crippen LogP contribution in [0.5, 0.6) is 5.75 Å². The summed E-state index contributed by atoms with van der Waals surface area (Å²) in [4.78, 5) is 0. The second-order valence-corrected chi connectivity index (χ2v) is 6.03. The Morgan fingerprint density at radius 1 is 1.04 bits per heavy atom. The van der Waals surface area contributed by atoms with Crippen molar-refractivity contribution < 1.29 is 9.47 Å². The Morgan fingerprint density at radius 3 is 2.42 bits per heavy atom. The largest absolute Gasteiger partial charge is 0.489 e. The van der Waals surface area contributed by atoms with Crippen molar-refractivity contribution in [1.82, 2.24) is 0 Å². The third-order valence-electron chi connectivity index (χ3n) is 4.10. The SMILES string of the molecule is CCc1cc(CC)c(OCc2ccccc2NC(=S)OC)cc1C. The highest BCUT2D eigenvalue weighted by molar-refractivity contribution is 7.80. The smallest absolute Gasteiger partial charge is 0.260 e. The number of hydrogen-bond acceptors (Lipinski definition) is 3. The lowest BCUT2D eigenvalue weighted by atomic mass is 10.0. The van der Waals surface area contributed by atoms with Crippen LogP contribution in [0.2, 0.25) is 0 Å². The fourth-order valence-corrected chi connectivity index (χ4v) is 2.76. The minimum Gasteiger partial charge on any atom is -0.489 e. The molecule has 0 radical (unpaired) electrons. The third kappa shape index (κ3) is 4.48. The molecule has 2 aromatic carbocycles. The van der Waals surface area contributed by atoms with Crippen LogP contribution in [-0.2, 0) is 24.2 Å². The van der Waals surface area contributed by atoms with Crippen LogP contribution < -0.4 is 10.1 Å². The highest BCUT2D eigenvalue weighted by atomic mass is 32.1. The molecule has 1 N–H and O–H groups in total. The standard InChI is InChI=1S/C20H25NO2S/c1-5-15-12-16(6-2)19(11-14(15)3)23-13-17-9-7-8-10-18(17)21-20(24)22-4/h7-12H,5-6,13H2,1-4H3,(H,21,24). The van der Waals surface area contributed by atoms with Gasteiger partial charge >= 0.3 is 0 Å². The van der Waals surface area contributed by atoms with Gasteiger partial charge in [0.2, 0.25) is 0 Å². The molecule has 0 saturated carbocycles. The number of methoxy groups -OCH3 is 1. The molecule has 0 saturated heterocycles. The van der Waals surface area contributed by atoms with E-state index in [1.54, 1.807) is 7.11 Å². The van der Waals surface area contributed by atoms with E-state index in [2.05, 4.69) is 38.2 Å². The first kappa shape index (κ1) is 18.3. The fraction of sp³-hybridized carbons (Fsp3) is 0.350. The van der Waals surface area contributed by atoms with Gasteiger partial charge in [-0.15, -0.1) is 0 Å². The van der Waals surface area contributed by atoms with E-state index in [1.807, 2.05) is 24.3 Å². The second kappa shape index (κ2) is 8.69. The maximum absolute atomic E-state index is 6.13. The van der Waals surface area contributed by atoms with Gasteiger partial charge in [-0.25, -0.2) is 0 Å². The predicted octanol–water partition coefficient (Wildman–Crippen LogP) is 5.04. The van der Waals surface area contributed by atoms with Crippen LogP contribution in [0, 0.1) is 6.92 Å². The van der Waals surface area contributed by atoms with E-state index in [4.69, 9.17) is 21.7 Å². The van der Waals surface area contributed by atoms with E-state index in [0.717, 1.165) is 29.8 Å². The molecule has 0 aliphatic carbocycles. The topological polar surface area (TPSA) is 30.5 Å². The molecule has 0 aliphatic heterocycles. The Hall–Kier alpha value is -2.07. The molecule has 0 spiro atoms. The fourth-order valence-electron chi connectivity index (χ4n) is 2.65. The van der Waals surface area contributed by atoms with E-state index in [9.17, 15) is 0 Å². The van der Waals surface area contributed by atoms with Gasteiger partial charge in [-0.2, -0.15) is 0 Å². The van der Waals surface area contributed by atoms with Gasteiger partial charge in [-0.3, -0.25) is 0 Å². The summed E-state index contributed by atoms with van der Waals surface area (Å²) >= 11 is 5.08. The molecule has 0 amide bonds. The van der Waals surface area contributed by atoms with Crippen molar-refractivity contribution in [2.24, 2.45) is 0 Å². The lowest BCUT2D eigenvalue weighted by Crippen LogP contribution is -2.13. The highest BCUT2D eigenvalue weighted by Gasteiger charge is 2.09. The summed E-state index contributed by atoms with van der Waals surface area (Å²) in [6.07, 6.45) is 2.00. The molecule has 4 heteroatoms. The van der Waals surface area contributed by atoms with Crippen LogP contribution in [0.3, 0.4) is 0 Å². The Balaban J connectivity index is 2.19. The molecule has 0 aliphatic rings. The number of anilines is 1. The molecule has 128 valence electrons. The highest BCUT2D eigenvalue weighted by Crippen LogP contribution is 2.26. The first-order valence-electron chi connectivity index (χ1n) is 8.27. The van der Waals surface area contributed by atoms with Crippen molar-refractivity contribution in [3.8, 4) is 5.75 Å². The zero-order chi connectivity index (χ0) is 17.5. The normalized spacial score (nSPS) is 10.3. The van der Waals surface area contributed by atoms with Crippen LogP contribution in [-0.4, -0.2) is 12.3 Å². The summed E-state index contributed by atoms with van der Waals surface area (Å²) in [6, 6.07) is 12.4. The molecule has 3 nitrogen and oxygen atoms in total. The molecule has 24 heavy (non-hydrogen) atoms. The zero-order valence-electron chi connectivity index (χ0n) is 14.8. The molecule has 0 unspecified atom stereocenters. The lowest BCUT2D eigenvalue weighted by Gasteiger charge is -2.16. The summed E-state index contributed by atoms with van der Waals surface area (Å²) < 4.78 is 11.2. The van der Waals surface area contributed by atoms with E-state index in [0.29, 0.717) is 11.8 Å². The molecular weight excluding hydrogens is 318 g/mol. The maximum atomic E-state index is 6.13. The third-order valence-corrected chi connectivity index (χ3v) is 4.37. The molecule has 0 fully saturated rings. The number of ether oxygens (including phenoxy) is 2. The average Bonchev–Trinajstić information content (AvgIpc) is 2.60. The van der Waals surface area contributed by atoms with E-state index in [1.165, 1.54) is 16.7 Å². The van der Waals surface area contributed by atoms with E-state index in [-0.39, 0.29) is 0 Å². The van der Waals surface area contributed by atoms with Crippen LogP contribution >= 0.6 is 12.2 Å². The van der Waals surface area contributed by atoms with Gasteiger partial charge < -0.3 is 14.8 Å². The number of rotatable bonds is 6. The summed E-state index contributed by atoms with van der Waals surface area (Å²) in [5, 5.41) is 3.43. The molecule has 0 heterocycles. The maximum Gasteiger partial charge on any atom is 0.260 e. The number of nitrogens with one attached hydrogen (secondary N) is 1. The van der Waals surface area contributed by atoms with Crippen molar-refractivity contribution >= 4 is 23.1 Å². The Kier molecular flexibility index (Phi) is 6.62. The van der Waals surface area contributed by atoms with Crippen molar-refractivity contribution in [3.05, 3.63) is 58.7 Å². The van der Waals surface area contributed by atoms with Crippen molar-refractivity contribution in [2.75, 3.05) is 12.4 Å². The molecular formula is C20H25NO2S. The van der Waals surface area contributed by atoms with Gasteiger partial charge in [0.25, 0.3) is 5.17 Å². The minimum absolute atomic E-state index is 0.347. The van der Waals surface area contributed by atoms with Gasteiger partial charge in [0.1, 0.15) is 12.4 Å². The van der Waals surface area contributed by atoms with Gasteiger partial charge in [0, 0.05) is 11.3 Å². The van der Waals surface area contributed by atoms with Crippen molar-refractivity contribution in [2.45, 2.75) is 40.2 Å². The quantitative estimate of drug-likeness (QED) is 0.744. The number of para-hydroxylation sites is 1. The van der Waals surface area contributed by atoms with Gasteiger partial charge in [0.05, 0.1) is 7.11 Å². The molecule has 2 rings (SSSR count). The summed E-state index contributed by atoms with van der Waals surface area (Å²) in [5.41, 5.74) is 5.85. The monoisotopic (exact) mass is 343 g/mol. The summed E-state index contributed by atoms with van der Waals surface area (Å²) in [6.45, 7) is 6.96. The van der Waals surface area contributed by atoms with Crippen molar-refractivity contribution in [3.63, 3.8) is 0 Å². The number of benzene rings is 2. The number of thiocarbonyl (C=S) groups is 1. The van der Waals surface area contributed by atoms with Crippen LogP contribution in [0.25, 0.3) is 0 Å². The van der Waals surface area contributed by atoms with Crippen LogP contribution in [0.4, 0.5) is 5.69 Å². The Labute approximate surface area is 150 Å². The molecule has 0 aromatic heterocycles. The van der Waals surface area contributed by atoms with Gasteiger partial charge in [-0.05, 0) is 60.8 Å². The second-order valence-electron chi connectivity index (χ2n) is 5.66. The van der Waals surface area contributed by atoms with Gasteiger partial charge in [-0.1, -0.05) is 38.1 Å². The number of aryl methyl sites for hydroxylation is 3. The first-order chi connectivity index (χ1) is 11.6. The zero-order valence-corrected chi connectivity index (χ0v) is 15.6. The first-order valence-corrected chi connectivity index (χ1v) is 8.67. The number of hydrogen-bond donors (Lipinski definition) is 1. The Morgan fingerprint density at radius 2 is 1.75 bits per heavy atom. The van der Waals surface area contributed by atoms with Crippen molar-refractivity contribution in [1.29, 1.82) is 0 Å².